The average Bonchev–Trinajstić information content (AvgIpc) is 2.87. The summed E-state index contributed by atoms with van der Waals surface area (Å²) in [6.45, 7) is 4.19. The van der Waals surface area contributed by atoms with E-state index < -0.39 is 0 Å². The van der Waals surface area contributed by atoms with Gasteiger partial charge in [-0.2, -0.15) is 0 Å². The van der Waals surface area contributed by atoms with Gasteiger partial charge >= 0.3 is 6.09 Å². The number of carbonyl (C=O) groups excluding carboxylic acids is 1. The Morgan fingerprint density at radius 1 is 1.55 bits per heavy atom. The average molecular weight is 321 g/mol. The molecule has 5 nitrogen and oxygen atoms in total. The quantitative estimate of drug-likeness (QED) is 0.440. The monoisotopic (exact) mass is 321 g/mol. The molecule has 2 rings (SSSR count). The summed E-state index contributed by atoms with van der Waals surface area (Å²) in [7, 11) is 2.24. The fraction of sp³-hybridized carbons (Fsp3) is 0.438. The number of amides is 1. The summed E-state index contributed by atoms with van der Waals surface area (Å²) in [6, 6.07) is 6.02. The summed E-state index contributed by atoms with van der Waals surface area (Å²) in [5.41, 5.74) is 3.21. The standard InChI is InChI=1S/C16H20NO4P/c1-3-7-19-8-6-17-10-15(21-16(17)18)13-5-4-12(2)14(9-13)11-20-22/h1,4-5,9,15H,6-8,10-11,22H2,2H3. The molecule has 1 fully saturated rings. The lowest BCUT2D eigenvalue weighted by atomic mass is 10.0. The van der Waals surface area contributed by atoms with Crippen molar-refractivity contribution >= 4 is 15.6 Å². The number of nitrogens with zero attached hydrogens (tertiary/aromatic N) is 1. The zero-order chi connectivity index (χ0) is 15.9. The number of hydrogen-bond donors (Lipinski definition) is 0. The predicted molar refractivity (Wildman–Crippen MR) is 86.1 cm³/mol. The third-order valence-electron chi connectivity index (χ3n) is 3.56. The lowest BCUT2D eigenvalue weighted by Gasteiger charge is -2.13. The number of cyclic esters (lactones) is 1. The lowest BCUT2D eigenvalue weighted by Crippen LogP contribution is -2.28. The van der Waals surface area contributed by atoms with Crippen molar-refractivity contribution in [2.75, 3.05) is 26.3 Å². The summed E-state index contributed by atoms with van der Waals surface area (Å²) in [4.78, 5) is 13.5. The minimum absolute atomic E-state index is 0.253. The van der Waals surface area contributed by atoms with E-state index in [4.69, 9.17) is 20.4 Å². The molecule has 0 aliphatic carbocycles. The first-order chi connectivity index (χ1) is 10.7. The molecule has 118 valence electrons. The Labute approximate surface area is 133 Å². The molecule has 6 heteroatoms. The third kappa shape index (κ3) is 4.20. The maximum absolute atomic E-state index is 11.9. The molecule has 1 saturated heterocycles. The number of terminal acetylenes is 1. The highest BCUT2D eigenvalue weighted by Gasteiger charge is 2.32. The lowest BCUT2D eigenvalue weighted by molar-refractivity contribution is 0.120. The van der Waals surface area contributed by atoms with E-state index in [1.807, 2.05) is 25.1 Å². The summed E-state index contributed by atoms with van der Waals surface area (Å²) in [5, 5.41) is 0. The van der Waals surface area contributed by atoms with Crippen molar-refractivity contribution < 1.29 is 18.8 Å². The number of hydrogen-bond acceptors (Lipinski definition) is 4. The van der Waals surface area contributed by atoms with E-state index in [1.165, 1.54) is 0 Å². The van der Waals surface area contributed by atoms with E-state index in [-0.39, 0.29) is 18.8 Å². The largest absolute Gasteiger partial charge is 0.439 e. The van der Waals surface area contributed by atoms with Crippen LogP contribution in [-0.2, 0) is 20.6 Å². The van der Waals surface area contributed by atoms with Crippen LogP contribution in [0.1, 0.15) is 22.8 Å². The van der Waals surface area contributed by atoms with E-state index in [2.05, 4.69) is 15.4 Å². The van der Waals surface area contributed by atoms with Gasteiger partial charge in [0.15, 0.2) is 0 Å². The van der Waals surface area contributed by atoms with Crippen LogP contribution in [0.25, 0.3) is 0 Å². The predicted octanol–water partition coefficient (Wildman–Crippen LogP) is 2.44. The van der Waals surface area contributed by atoms with Crippen molar-refractivity contribution in [1.29, 1.82) is 0 Å². The fourth-order valence-electron chi connectivity index (χ4n) is 2.31. The molecule has 0 N–H and O–H groups in total. The van der Waals surface area contributed by atoms with Crippen molar-refractivity contribution in [3.05, 3.63) is 34.9 Å². The minimum atomic E-state index is -0.321. The molecular weight excluding hydrogens is 301 g/mol. The second kappa shape index (κ2) is 8.14. The number of ether oxygens (including phenoxy) is 2. The highest BCUT2D eigenvalue weighted by atomic mass is 31.0. The van der Waals surface area contributed by atoms with Gasteiger partial charge in [0.2, 0.25) is 0 Å². The van der Waals surface area contributed by atoms with Gasteiger partial charge in [0, 0.05) is 16.0 Å². The second-order valence-corrected chi connectivity index (χ2v) is 5.41. The molecule has 0 spiro atoms. The molecule has 0 radical (unpaired) electrons. The van der Waals surface area contributed by atoms with Crippen LogP contribution in [-0.4, -0.2) is 37.3 Å². The molecule has 2 unspecified atom stereocenters. The van der Waals surface area contributed by atoms with Gasteiger partial charge in [-0.05, 0) is 29.7 Å². The number of benzene rings is 1. The second-order valence-electron chi connectivity index (χ2n) is 5.07. The molecular formula is C16H20NO4P. The summed E-state index contributed by atoms with van der Waals surface area (Å²) in [6.07, 6.45) is 4.53. The third-order valence-corrected chi connectivity index (χ3v) is 3.73. The highest BCUT2D eigenvalue weighted by Crippen LogP contribution is 2.27. The van der Waals surface area contributed by atoms with Gasteiger partial charge in [0.1, 0.15) is 12.7 Å². The fourth-order valence-corrected chi connectivity index (χ4v) is 2.49. The van der Waals surface area contributed by atoms with Crippen molar-refractivity contribution in [2.24, 2.45) is 0 Å². The van der Waals surface area contributed by atoms with Gasteiger partial charge in [-0.1, -0.05) is 18.1 Å². The van der Waals surface area contributed by atoms with Gasteiger partial charge in [0.05, 0.1) is 19.8 Å². The number of aryl methyl sites for hydroxylation is 1. The zero-order valence-electron chi connectivity index (χ0n) is 12.6. The van der Waals surface area contributed by atoms with Crippen molar-refractivity contribution in [3.8, 4) is 12.3 Å². The van der Waals surface area contributed by atoms with Crippen LogP contribution in [0.5, 0.6) is 0 Å². The Hall–Kier alpha value is -1.60. The topological polar surface area (TPSA) is 48.0 Å². The van der Waals surface area contributed by atoms with Crippen molar-refractivity contribution in [3.63, 3.8) is 0 Å². The summed E-state index contributed by atoms with van der Waals surface area (Å²) < 4.78 is 15.7. The van der Waals surface area contributed by atoms with E-state index >= 15 is 0 Å². The van der Waals surface area contributed by atoms with Gasteiger partial charge < -0.3 is 18.9 Å². The first kappa shape index (κ1) is 16.8. The normalized spacial score (nSPS) is 17.4. The summed E-state index contributed by atoms with van der Waals surface area (Å²) >= 11 is 0. The van der Waals surface area contributed by atoms with Crippen LogP contribution in [0.3, 0.4) is 0 Å². The first-order valence-electron chi connectivity index (χ1n) is 7.03. The van der Waals surface area contributed by atoms with E-state index in [0.717, 1.165) is 16.7 Å². The van der Waals surface area contributed by atoms with E-state index in [1.54, 1.807) is 4.90 Å². The van der Waals surface area contributed by atoms with Crippen molar-refractivity contribution in [2.45, 2.75) is 19.6 Å². The smallest absolute Gasteiger partial charge is 0.410 e. The Morgan fingerprint density at radius 3 is 3.09 bits per heavy atom. The van der Waals surface area contributed by atoms with E-state index in [9.17, 15) is 4.79 Å². The van der Waals surface area contributed by atoms with Crippen molar-refractivity contribution in [1.82, 2.24) is 4.90 Å². The maximum Gasteiger partial charge on any atom is 0.410 e. The molecule has 1 amide bonds. The summed E-state index contributed by atoms with van der Waals surface area (Å²) in [5.74, 6) is 2.39. The van der Waals surface area contributed by atoms with Gasteiger partial charge in [-0.3, -0.25) is 0 Å². The van der Waals surface area contributed by atoms with Gasteiger partial charge in [-0.15, -0.1) is 6.42 Å². The van der Waals surface area contributed by atoms with Crippen LogP contribution >= 0.6 is 9.47 Å². The molecule has 1 aliphatic rings. The van der Waals surface area contributed by atoms with Crippen LogP contribution in [0.4, 0.5) is 4.79 Å². The number of carbonyl (C=O) groups is 1. The molecule has 1 aromatic rings. The Morgan fingerprint density at radius 2 is 2.36 bits per heavy atom. The SMILES string of the molecule is C#CCOCCN1CC(c2ccc(C)c(COP)c2)OC1=O. The van der Waals surface area contributed by atoms with Gasteiger partial charge in [0.25, 0.3) is 0 Å². The minimum Gasteiger partial charge on any atom is -0.439 e. The number of rotatable bonds is 7. The molecule has 2 atom stereocenters. The molecule has 0 saturated carbocycles. The zero-order valence-corrected chi connectivity index (χ0v) is 13.7. The van der Waals surface area contributed by atoms with Gasteiger partial charge in [-0.25, -0.2) is 4.79 Å². The molecule has 0 bridgehead atoms. The highest BCUT2D eigenvalue weighted by molar-refractivity contribution is 7.09. The Kier molecular flexibility index (Phi) is 6.21. The van der Waals surface area contributed by atoms with Crippen LogP contribution in [0.15, 0.2) is 18.2 Å². The first-order valence-corrected chi connectivity index (χ1v) is 7.50. The molecule has 1 aromatic carbocycles. The van der Waals surface area contributed by atoms with Crippen LogP contribution in [0, 0.1) is 19.3 Å². The maximum atomic E-state index is 11.9. The van der Waals surface area contributed by atoms with Crippen LogP contribution in [0.2, 0.25) is 0 Å². The molecule has 1 heterocycles. The molecule has 0 aromatic heterocycles. The van der Waals surface area contributed by atoms with Crippen LogP contribution < -0.4 is 0 Å². The molecule has 1 aliphatic heterocycles. The Balaban J connectivity index is 1.98. The molecule has 22 heavy (non-hydrogen) atoms. The Bertz CT molecular complexity index is 570. The van der Waals surface area contributed by atoms with E-state index in [0.29, 0.717) is 26.3 Å².